The summed E-state index contributed by atoms with van der Waals surface area (Å²) in [5.41, 5.74) is -0.301. The topological polar surface area (TPSA) is 58.6 Å². The Balaban J connectivity index is 2.72. The standard InChI is InChI=1S/C14H24N2O3S/c1-14(2,3)19-12-6-8-13(9-7-12)20(17,18)15-10-11-16(4)5/h6-9,15H,10-11H2,1-5H3. The van der Waals surface area contributed by atoms with Crippen molar-refractivity contribution in [1.82, 2.24) is 9.62 Å². The molecule has 1 aromatic carbocycles. The molecule has 0 atom stereocenters. The van der Waals surface area contributed by atoms with E-state index in [4.69, 9.17) is 4.74 Å². The maximum atomic E-state index is 12.0. The quantitative estimate of drug-likeness (QED) is 0.869. The molecule has 20 heavy (non-hydrogen) atoms. The molecular weight excluding hydrogens is 276 g/mol. The van der Waals surface area contributed by atoms with Gasteiger partial charge in [0.2, 0.25) is 10.0 Å². The van der Waals surface area contributed by atoms with E-state index in [0.29, 0.717) is 18.8 Å². The highest BCUT2D eigenvalue weighted by atomic mass is 32.2. The molecule has 0 bridgehead atoms. The number of likely N-dealkylation sites (N-methyl/N-ethyl adjacent to an activating group) is 1. The second-order valence-electron chi connectivity index (χ2n) is 5.89. The van der Waals surface area contributed by atoms with Crippen LogP contribution >= 0.6 is 0 Å². The summed E-state index contributed by atoms with van der Waals surface area (Å²) in [5, 5.41) is 0. The van der Waals surface area contributed by atoms with Crippen LogP contribution in [0, 0.1) is 0 Å². The third-order valence-corrected chi connectivity index (χ3v) is 3.89. The lowest BCUT2D eigenvalue weighted by atomic mass is 10.2. The molecule has 1 N–H and O–H groups in total. The molecule has 0 aliphatic rings. The zero-order chi connectivity index (χ0) is 15.4. The monoisotopic (exact) mass is 300 g/mol. The van der Waals surface area contributed by atoms with Crippen molar-refractivity contribution >= 4 is 10.0 Å². The number of ether oxygens (including phenoxy) is 1. The maximum Gasteiger partial charge on any atom is 0.240 e. The van der Waals surface area contributed by atoms with Gasteiger partial charge in [-0.05, 0) is 59.1 Å². The van der Waals surface area contributed by atoms with E-state index in [1.165, 1.54) is 0 Å². The minimum Gasteiger partial charge on any atom is -0.488 e. The first kappa shape index (κ1) is 16.9. The summed E-state index contributed by atoms with van der Waals surface area (Å²) in [6.07, 6.45) is 0. The molecule has 0 aliphatic heterocycles. The number of nitrogens with zero attached hydrogens (tertiary/aromatic N) is 1. The highest BCUT2D eigenvalue weighted by molar-refractivity contribution is 7.89. The van der Waals surface area contributed by atoms with Gasteiger partial charge in [-0.3, -0.25) is 0 Å². The van der Waals surface area contributed by atoms with Gasteiger partial charge < -0.3 is 9.64 Å². The third kappa shape index (κ3) is 5.90. The molecular formula is C14H24N2O3S. The van der Waals surface area contributed by atoms with Crippen LogP contribution in [0.1, 0.15) is 20.8 Å². The molecule has 0 saturated carbocycles. The summed E-state index contributed by atoms with van der Waals surface area (Å²) in [6.45, 7) is 6.88. The third-order valence-electron chi connectivity index (χ3n) is 2.41. The summed E-state index contributed by atoms with van der Waals surface area (Å²) >= 11 is 0. The highest BCUT2D eigenvalue weighted by Crippen LogP contribution is 2.20. The first-order chi connectivity index (χ1) is 9.10. The van der Waals surface area contributed by atoms with Crippen molar-refractivity contribution in [1.29, 1.82) is 0 Å². The van der Waals surface area contributed by atoms with Gasteiger partial charge in [0, 0.05) is 13.1 Å². The Hall–Kier alpha value is -1.11. The number of nitrogens with one attached hydrogen (secondary N) is 1. The van der Waals surface area contributed by atoms with Gasteiger partial charge in [-0.1, -0.05) is 0 Å². The number of sulfonamides is 1. The molecule has 0 saturated heterocycles. The Bertz CT molecular complexity index is 516. The number of benzene rings is 1. The molecule has 0 radical (unpaired) electrons. The molecule has 114 valence electrons. The van der Waals surface area contributed by atoms with E-state index in [2.05, 4.69) is 4.72 Å². The van der Waals surface area contributed by atoms with E-state index in [0.717, 1.165) is 0 Å². The normalized spacial score (nSPS) is 12.7. The van der Waals surface area contributed by atoms with Crippen LogP contribution in [-0.2, 0) is 10.0 Å². The van der Waals surface area contributed by atoms with Crippen molar-refractivity contribution in [3.63, 3.8) is 0 Å². The molecule has 6 heteroatoms. The highest BCUT2D eigenvalue weighted by Gasteiger charge is 2.15. The zero-order valence-electron chi connectivity index (χ0n) is 12.8. The van der Waals surface area contributed by atoms with E-state index in [9.17, 15) is 8.42 Å². The van der Waals surface area contributed by atoms with Crippen LogP contribution in [-0.4, -0.2) is 46.1 Å². The lowest BCUT2D eigenvalue weighted by Crippen LogP contribution is -2.31. The van der Waals surface area contributed by atoms with Gasteiger partial charge in [-0.2, -0.15) is 0 Å². The first-order valence-electron chi connectivity index (χ1n) is 6.54. The summed E-state index contributed by atoms with van der Waals surface area (Å²) < 4.78 is 32.3. The van der Waals surface area contributed by atoms with Crippen LogP contribution in [0.15, 0.2) is 29.2 Å². The number of hydrogen-bond acceptors (Lipinski definition) is 4. The molecule has 1 aromatic rings. The average Bonchev–Trinajstić information content (AvgIpc) is 2.26. The molecule has 1 rings (SSSR count). The minimum atomic E-state index is -3.45. The van der Waals surface area contributed by atoms with Crippen LogP contribution < -0.4 is 9.46 Å². The Morgan fingerprint density at radius 2 is 1.70 bits per heavy atom. The van der Waals surface area contributed by atoms with E-state index < -0.39 is 10.0 Å². The van der Waals surface area contributed by atoms with Crippen molar-refractivity contribution in [2.45, 2.75) is 31.3 Å². The van der Waals surface area contributed by atoms with Crippen molar-refractivity contribution < 1.29 is 13.2 Å². The lowest BCUT2D eigenvalue weighted by molar-refractivity contribution is 0.131. The van der Waals surface area contributed by atoms with E-state index in [1.54, 1.807) is 24.3 Å². The zero-order valence-corrected chi connectivity index (χ0v) is 13.6. The van der Waals surface area contributed by atoms with Crippen LogP contribution in [0.2, 0.25) is 0 Å². The Kier molecular flexibility index (Phi) is 5.56. The molecule has 5 nitrogen and oxygen atoms in total. The molecule has 0 spiro atoms. The van der Waals surface area contributed by atoms with Crippen molar-refractivity contribution in [3.05, 3.63) is 24.3 Å². The van der Waals surface area contributed by atoms with Gasteiger partial charge >= 0.3 is 0 Å². The molecule has 0 unspecified atom stereocenters. The SMILES string of the molecule is CN(C)CCNS(=O)(=O)c1ccc(OC(C)(C)C)cc1. The van der Waals surface area contributed by atoms with Crippen LogP contribution in [0.3, 0.4) is 0 Å². The Labute approximate surface area is 122 Å². The summed E-state index contributed by atoms with van der Waals surface area (Å²) in [6, 6.07) is 6.45. The molecule has 0 fully saturated rings. The molecule has 0 amide bonds. The van der Waals surface area contributed by atoms with E-state index in [-0.39, 0.29) is 10.5 Å². The molecule has 0 aromatic heterocycles. The van der Waals surface area contributed by atoms with Gasteiger partial charge in [-0.25, -0.2) is 13.1 Å². The second-order valence-corrected chi connectivity index (χ2v) is 7.65. The van der Waals surface area contributed by atoms with Crippen molar-refractivity contribution in [2.75, 3.05) is 27.2 Å². The smallest absolute Gasteiger partial charge is 0.240 e. The van der Waals surface area contributed by atoms with Crippen LogP contribution in [0.25, 0.3) is 0 Å². The predicted molar refractivity (Wildman–Crippen MR) is 80.6 cm³/mol. The maximum absolute atomic E-state index is 12.0. The van der Waals surface area contributed by atoms with Gasteiger partial charge in [0.15, 0.2) is 0 Å². The number of rotatable bonds is 6. The summed E-state index contributed by atoms with van der Waals surface area (Å²) in [5.74, 6) is 0.657. The van der Waals surface area contributed by atoms with Gasteiger partial charge in [-0.15, -0.1) is 0 Å². The minimum absolute atomic E-state index is 0.248. The van der Waals surface area contributed by atoms with Crippen LogP contribution in [0.4, 0.5) is 0 Å². The fourth-order valence-electron chi connectivity index (χ4n) is 1.53. The van der Waals surface area contributed by atoms with Gasteiger partial charge in [0.05, 0.1) is 4.90 Å². The first-order valence-corrected chi connectivity index (χ1v) is 8.02. The van der Waals surface area contributed by atoms with E-state index in [1.807, 2.05) is 39.8 Å². The Morgan fingerprint density at radius 1 is 1.15 bits per heavy atom. The Morgan fingerprint density at radius 3 is 2.15 bits per heavy atom. The van der Waals surface area contributed by atoms with Crippen molar-refractivity contribution in [3.8, 4) is 5.75 Å². The van der Waals surface area contributed by atoms with Crippen LogP contribution in [0.5, 0.6) is 5.75 Å². The van der Waals surface area contributed by atoms with Gasteiger partial charge in [0.25, 0.3) is 0 Å². The van der Waals surface area contributed by atoms with Gasteiger partial charge in [0.1, 0.15) is 11.4 Å². The lowest BCUT2D eigenvalue weighted by Gasteiger charge is -2.21. The molecule has 0 aliphatic carbocycles. The summed E-state index contributed by atoms with van der Waals surface area (Å²) in [7, 11) is 0.343. The van der Waals surface area contributed by atoms with E-state index >= 15 is 0 Å². The summed E-state index contributed by atoms with van der Waals surface area (Å²) in [4.78, 5) is 2.17. The van der Waals surface area contributed by atoms with Crippen molar-refractivity contribution in [2.24, 2.45) is 0 Å². The second kappa shape index (κ2) is 6.56. The average molecular weight is 300 g/mol. The predicted octanol–water partition coefficient (Wildman–Crippen LogP) is 1.70. The largest absolute Gasteiger partial charge is 0.488 e. The molecule has 0 heterocycles. The fraction of sp³-hybridized carbons (Fsp3) is 0.571. The number of hydrogen-bond donors (Lipinski definition) is 1. The fourth-order valence-corrected chi connectivity index (χ4v) is 2.55.